The lowest BCUT2D eigenvalue weighted by Gasteiger charge is -2.19. The number of aromatic nitrogens is 1. The summed E-state index contributed by atoms with van der Waals surface area (Å²) in [7, 11) is 1.79. The molecule has 0 N–H and O–H groups in total. The predicted molar refractivity (Wildman–Crippen MR) is 119 cm³/mol. The van der Waals surface area contributed by atoms with Crippen LogP contribution in [0.15, 0.2) is 57.7 Å². The van der Waals surface area contributed by atoms with Gasteiger partial charge in [-0.1, -0.05) is 34.7 Å². The molecule has 0 aliphatic rings. The molecule has 4 nitrogen and oxygen atoms in total. The van der Waals surface area contributed by atoms with E-state index in [1.54, 1.807) is 11.6 Å². The molecule has 1 atom stereocenters. The average molecular weight is 395 g/mol. The summed E-state index contributed by atoms with van der Waals surface area (Å²) in [5, 5.41) is 1.48. The van der Waals surface area contributed by atoms with E-state index in [0.717, 1.165) is 27.8 Å². The molecular weight excluding hydrogens is 368 g/mol. The number of hydrogen-bond acceptors (Lipinski definition) is 3. The molecule has 0 fully saturated rings. The Labute approximate surface area is 169 Å². The molecule has 2 aromatic carbocycles. The molecule has 0 aliphatic heterocycles. The monoisotopic (exact) mass is 394 g/mol. The number of aryl methyl sites for hydroxylation is 1. The molecule has 1 aromatic heterocycles. The van der Waals surface area contributed by atoms with Crippen molar-refractivity contribution < 1.29 is 4.55 Å². The first-order chi connectivity index (χ1) is 13.1. The van der Waals surface area contributed by atoms with Gasteiger partial charge in [0, 0.05) is 18.0 Å². The fourth-order valence-corrected chi connectivity index (χ4v) is 3.77. The van der Waals surface area contributed by atoms with Gasteiger partial charge in [-0.25, -0.2) is 0 Å². The normalized spacial score (nSPS) is 13.8. The van der Waals surface area contributed by atoms with Gasteiger partial charge < -0.3 is 9.12 Å². The van der Waals surface area contributed by atoms with Crippen LogP contribution in [0.4, 0.5) is 0 Å². The van der Waals surface area contributed by atoms with Crippen LogP contribution in [-0.4, -0.2) is 19.6 Å². The van der Waals surface area contributed by atoms with Gasteiger partial charge in [0.25, 0.3) is 5.56 Å². The van der Waals surface area contributed by atoms with E-state index in [-0.39, 0.29) is 5.56 Å². The first-order valence-electron chi connectivity index (χ1n) is 9.27. The maximum atomic E-state index is 13.1. The van der Waals surface area contributed by atoms with Crippen LogP contribution in [0.5, 0.6) is 0 Å². The third kappa shape index (κ3) is 3.91. The van der Waals surface area contributed by atoms with Crippen molar-refractivity contribution in [2.45, 2.75) is 39.4 Å². The van der Waals surface area contributed by atoms with Gasteiger partial charge in [-0.05, 0) is 69.3 Å². The molecule has 0 radical (unpaired) electrons. The van der Waals surface area contributed by atoms with Gasteiger partial charge in [0.1, 0.15) is 16.1 Å². The second kappa shape index (κ2) is 7.57. The van der Waals surface area contributed by atoms with Gasteiger partial charge in [0.2, 0.25) is 0 Å². The zero-order chi connectivity index (χ0) is 20.6. The molecule has 0 saturated heterocycles. The van der Waals surface area contributed by atoms with Crippen molar-refractivity contribution in [3.05, 3.63) is 70.0 Å². The van der Waals surface area contributed by atoms with Crippen LogP contribution in [0, 0.1) is 6.92 Å². The number of hydrogen-bond donors (Lipinski definition) is 0. The van der Waals surface area contributed by atoms with Gasteiger partial charge in [0.15, 0.2) is 0 Å². The van der Waals surface area contributed by atoms with Crippen molar-refractivity contribution in [2.75, 3.05) is 0 Å². The molecule has 3 aromatic rings. The van der Waals surface area contributed by atoms with E-state index in [0.29, 0.717) is 11.1 Å². The Morgan fingerprint density at radius 1 is 1.07 bits per heavy atom. The third-order valence-corrected chi connectivity index (χ3v) is 6.19. The number of nitrogens with zero attached hydrogens (tertiary/aromatic N) is 2. The average Bonchev–Trinajstić information content (AvgIpc) is 2.64. The molecule has 0 bridgehead atoms. The summed E-state index contributed by atoms with van der Waals surface area (Å²) in [6.45, 7) is 9.52. The van der Waals surface area contributed by atoms with E-state index in [1.165, 1.54) is 0 Å². The summed E-state index contributed by atoms with van der Waals surface area (Å²) in [5.41, 5.74) is 4.27. The van der Waals surface area contributed by atoms with Crippen molar-refractivity contribution in [3.8, 4) is 11.3 Å². The van der Waals surface area contributed by atoms with Crippen LogP contribution in [0.25, 0.3) is 22.0 Å². The highest BCUT2D eigenvalue weighted by Crippen LogP contribution is 2.27. The van der Waals surface area contributed by atoms with E-state index in [2.05, 4.69) is 4.40 Å². The Morgan fingerprint density at radius 2 is 1.71 bits per heavy atom. The summed E-state index contributed by atoms with van der Waals surface area (Å²) >= 11 is -1.36. The Bertz CT molecular complexity index is 1110. The minimum Gasteiger partial charge on any atom is -0.591 e. The topological polar surface area (TPSA) is 57.4 Å². The largest absolute Gasteiger partial charge is 0.591 e. The van der Waals surface area contributed by atoms with Crippen molar-refractivity contribution in [1.29, 1.82) is 0 Å². The highest BCUT2D eigenvalue weighted by Gasteiger charge is 2.27. The van der Waals surface area contributed by atoms with E-state index in [4.69, 9.17) is 0 Å². The Hall–Kier alpha value is -2.37. The Kier molecular flexibility index (Phi) is 5.50. The molecule has 0 spiro atoms. The van der Waals surface area contributed by atoms with E-state index in [9.17, 15) is 9.35 Å². The van der Waals surface area contributed by atoms with Crippen LogP contribution < -0.4 is 5.56 Å². The summed E-state index contributed by atoms with van der Waals surface area (Å²) < 4.78 is 18.2. The van der Waals surface area contributed by atoms with Crippen LogP contribution in [0.3, 0.4) is 0 Å². The zero-order valence-electron chi connectivity index (χ0n) is 17.2. The maximum absolute atomic E-state index is 13.1. The molecule has 0 amide bonds. The first-order valence-corrected chi connectivity index (χ1v) is 10.4. The summed E-state index contributed by atoms with van der Waals surface area (Å²) in [6, 6.07) is 15.8. The van der Waals surface area contributed by atoms with Crippen LogP contribution in [0.1, 0.15) is 38.8 Å². The fraction of sp³-hybridized carbons (Fsp3) is 0.304. The minimum atomic E-state index is -1.36. The molecule has 3 rings (SSSR count). The molecule has 146 valence electrons. The van der Waals surface area contributed by atoms with Crippen LogP contribution in [-0.2, 0) is 18.4 Å². The second-order valence-electron chi connectivity index (χ2n) is 8.07. The first kappa shape index (κ1) is 20.4. The predicted octanol–water partition coefficient (Wildman–Crippen LogP) is 4.79. The maximum Gasteiger partial charge on any atom is 0.258 e. The SMILES string of the molecule is CC(=N[S@+]([O-])C(C)(C)C)c1cc(C)cc2c(=O)n(C)c(-c3ccccc3)cc12. The standard InChI is InChI=1S/C23H26N2O2S/c1-15-12-18(16(2)24-28(27)23(3,4)5)19-14-21(17-10-8-7-9-11-17)25(6)22(26)20(19)13-15/h7-14H,1-6H3/t28-/m1/s1. The second-order valence-corrected chi connectivity index (χ2v) is 9.98. The van der Waals surface area contributed by atoms with E-state index >= 15 is 0 Å². The smallest absolute Gasteiger partial charge is 0.258 e. The highest BCUT2D eigenvalue weighted by molar-refractivity contribution is 7.91. The third-order valence-electron chi connectivity index (χ3n) is 4.70. The van der Waals surface area contributed by atoms with E-state index in [1.807, 2.05) is 83.1 Å². The highest BCUT2D eigenvalue weighted by atomic mass is 32.2. The molecule has 0 saturated carbocycles. The van der Waals surface area contributed by atoms with Crippen LogP contribution >= 0.6 is 0 Å². The Balaban J connectivity index is 2.31. The van der Waals surface area contributed by atoms with Crippen molar-refractivity contribution in [3.63, 3.8) is 0 Å². The molecule has 0 aliphatic carbocycles. The number of benzene rings is 2. The Morgan fingerprint density at radius 3 is 2.32 bits per heavy atom. The van der Waals surface area contributed by atoms with Gasteiger partial charge >= 0.3 is 0 Å². The quantitative estimate of drug-likeness (QED) is 0.474. The summed E-state index contributed by atoms with van der Waals surface area (Å²) in [6.07, 6.45) is 0. The number of rotatable bonds is 3. The zero-order valence-corrected chi connectivity index (χ0v) is 18.1. The summed E-state index contributed by atoms with van der Waals surface area (Å²) in [5.74, 6) is 0. The number of pyridine rings is 1. The van der Waals surface area contributed by atoms with Crippen molar-refractivity contribution in [2.24, 2.45) is 11.4 Å². The number of fused-ring (bicyclic) bond motifs is 1. The van der Waals surface area contributed by atoms with Crippen molar-refractivity contribution >= 4 is 27.8 Å². The molecule has 0 unspecified atom stereocenters. The molecular formula is C23H26N2O2S. The van der Waals surface area contributed by atoms with Gasteiger partial charge in [-0.2, -0.15) is 0 Å². The fourth-order valence-electron chi connectivity index (χ4n) is 3.15. The molecule has 1 heterocycles. The van der Waals surface area contributed by atoms with Gasteiger partial charge in [-0.3, -0.25) is 4.79 Å². The summed E-state index contributed by atoms with van der Waals surface area (Å²) in [4.78, 5) is 13.1. The van der Waals surface area contributed by atoms with Crippen LogP contribution in [0.2, 0.25) is 0 Å². The molecule has 28 heavy (non-hydrogen) atoms. The lowest BCUT2D eigenvalue weighted by Crippen LogP contribution is -2.27. The minimum absolute atomic E-state index is 0.0500. The lowest BCUT2D eigenvalue weighted by atomic mass is 9.97. The van der Waals surface area contributed by atoms with E-state index < -0.39 is 16.1 Å². The lowest BCUT2D eigenvalue weighted by molar-refractivity contribution is 0.561. The van der Waals surface area contributed by atoms with Gasteiger partial charge in [0.05, 0.1) is 11.4 Å². The van der Waals surface area contributed by atoms with Gasteiger partial charge in [-0.15, -0.1) is 0 Å². The van der Waals surface area contributed by atoms with Crippen molar-refractivity contribution in [1.82, 2.24) is 4.57 Å². The molecule has 5 heteroatoms.